The minimum Gasteiger partial charge on any atom is -0.379 e. The van der Waals surface area contributed by atoms with Gasteiger partial charge >= 0.3 is 0 Å². The number of aryl methyl sites for hydroxylation is 1. The fourth-order valence-corrected chi connectivity index (χ4v) is 5.82. The molecule has 0 atom stereocenters. The van der Waals surface area contributed by atoms with Crippen molar-refractivity contribution in [2.75, 3.05) is 26.3 Å². The van der Waals surface area contributed by atoms with Gasteiger partial charge in [-0.25, -0.2) is 12.8 Å². The van der Waals surface area contributed by atoms with E-state index in [2.05, 4.69) is 4.99 Å². The second-order valence-electron chi connectivity index (χ2n) is 6.70. The monoisotopic (exact) mass is 449 g/mol. The van der Waals surface area contributed by atoms with Crippen molar-refractivity contribution in [3.05, 3.63) is 58.6 Å². The first-order valence-electron chi connectivity index (χ1n) is 9.46. The number of sulfonamides is 1. The summed E-state index contributed by atoms with van der Waals surface area (Å²) in [7, 11) is -3.62. The molecule has 0 N–H and O–H groups in total. The maximum atomic E-state index is 13.5. The first-order chi connectivity index (χ1) is 14.4. The number of rotatable bonds is 4. The number of hydrogen-bond donors (Lipinski definition) is 0. The molecule has 158 valence electrons. The van der Waals surface area contributed by atoms with Crippen molar-refractivity contribution < 1.29 is 22.3 Å². The molecular formula is C20H20FN3O4S2. The number of morpholine rings is 1. The van der Waals surface area contributed by atoms with Gasteiger partial charge in [-0.2, -0.15) is 9.30 Å². The van der Waals surface area contributed by atoms with Crippen LogP contribution in [-0.2, 0) is 21.3 Å². The van der Waals surface area contributed by atoms with Crippen LogP contribution in [0.4, 0.5) is 4.39 Å². The molecule has 2 aromatic carbocycles. The molecule has 1 amide bonds. The molecule has 3 aromatic rings. The van der Waals surface area contributed by atoms with Crippen molar-refractivity contribution >= 4 is 37.5 Å². The summed E-state index contributed by atoms with van der Waals surface area (Å²) in [6.45, 7) is 3.85. The van der Waals surface area contributed by atoms with Gasteiger partial charge in [-0.05, 0) is 49.4 Å². The molecule has 4 rings (SSSR count). The normalized spacial score (nSPS) is 16.3. The van der Waals surface area contributed by atoms with E-state index in [0.717, 1.165) is 5.52 Å². The molecule has 1 aliphatic heterocycles. The molecule has 0 unspecified atom stereocenters. The standard InChI is InChI=1S/C20H20FN3O4S2/c1-2-24-17-8-5-15(21)13-18(17)29-20(24)22-19(25)14-3-6-16(7-4-14)30(26,27)23-9-11-28-12-10-23/h3-8,13H,2,9-12H2,1H3. The zero-order valence-electron chi connectivity index (χ0n) is 16.2. The Bertz CT molecular complexity index is 1260. The Hall–Kier alpha value is -2.40. The molecule has 1 fully saturated rings. The molecule has 1 aromatic heterocycles. The van der Waals surface area contributed by atoms with Gasteiger partial charge in [0, 0.05) is 25.2 Å². The highest BCUT2D eigenvalue weighted by molar-refractivity contribution is 7.89. The molecule has 2 heterocycles. The number of carbonyl (C=O) groups is 1. The molecule has 0 aliphatic carbocycles. The minimum absolute atomic E-state index is 0.127. The average Bonchev–Trinajstić information content (AvgIpc) is 3.10. The largest absolute Gasteiger partial charge is 0.379 e. The van der Waals surface area contributed by atoms with Crippen LogP contribution in [0.5, 0.6) is 0 Å². The number of ether oxygens (including phenoxy) is 1. The number of hydrogen-bond acceptors (Lipinski definition) is 5. The number of aromatic nitrogens is 1. The van der Waals surface area contributed by atoms with Crippen LogP contribution >= 0.6 is 11.3 Å². The molecule has 7 nitrogen and oxygen atoms in total. The maximum absolute atomic E-state index is 13.5. The highest BCUT2D eigenvalue weighted by Crippen LogP contribution is 2.20. The van der Waals surface area contributed by atoms with E-state index in [9.17, 15) is 17.6 Å². The van der Waals surface area contributed by atoms with Crippen LogP contribution in [-0.4, -0.2) is 49.5 Å². The topological polar surface area (TPSA) is 81.0 Å². The van der Waals surface area contributed by atoms with E-state index in [1.54, 1.807) is 6.07 Å². The lowest BCUT2D eigenvalue weighted by Gasteiger charge is -2.26. The van der Waals surface area contributed by atoms with E-state index in [1.807, 2.05) is 11.5 Å². The van der Waals surface area contributed by atoms with Gasteiger partial charge in [-0.1, -0.05) is 11.3 Å². The van der Waals surface area contributed by atoms with Crippen LogP contribution < -0.4 is 4.80 Å². The summed E-state index contributed by atoms with van der Waals surface area (Å²) in [5, 5.41) is 0. The van der Waals surface area contributed by atoms with Crippen LogP contribution in [0.1, 0.15) is 17.3 Å². The molecular weight excluding hydrogens is 429 g/mol. The molecule has 30 heavy (non-hydrogen) atoms. The Balaban J connectivity index is 1.64. The first kappa shape index (κ1) is 20.9. The van der Waals surface area contributed by atoms with Gasteiger partial charge < -0.3 is 9.30 Å². The van der Waals surface area contributed by atoms with E-state index in [-0.39, 0.29) is 16.3 Å². The Morgan fingerprint density at radius 1 is 1.17 bits per heavy atom. The highest BCUT2D eigenvalue weighted by Gasteiger charge is 2.26. The Kier molecular flexibility index (Phi) is 5.83. The van der Waals surface area contributed by atoms with E-state index >= 15 is 0 Å². The molecule has 0 bridgehead atoms. The predicted molar refractivity (Wildman–Crippen MR) is 111 cm³/mol. The van der Waals surface area contributed by atoms with Crippen molar-refractivity contribution in [3.63, 3.8) is 0 Å². The third-order valence-electron chi connectivity index (χ3n) is 4.87. The summed E-state index contributed by atoms with van der Waals surface area (Å²) in [4.78, 5) is 17.4. The summed E-state index contributed by atoms with van der Waals surface area (Å²) >= 11 is 1.23. The second-order valence-corrected chi connectivity index (χ2v) is 9.65. The lowest BCUT2D eigenvalue weighted by molar-refractivity contribution is 0.0730. The zero-order valence-corrected chi connectivity index (χ0v) is 17.9. The zero-order chi connectivity index (χ0) is 21.3. The fourth-order valence-electron chi connectivity index (χ4n) is 3.29. The Labute approximate surface area is 177 Å². The Morgan fingerprint density at radius 3 is 2.53 bits per heavy atom. The first-order valence-corrected chi connectivity index (χ1v) is 11.7. The lowest BCUT2D eigenvalue weighted by atomic mass is 10.2. The van der Waals surface area contributed by atoms with E-state index in [0.29, 0.717) is 42.3 Å². The number of carbonyl (C=O) groups excluding carboxylic acids is 1. The predicted octanol–water partition coefficient (Wildman–Crippen LogP) is 2.62. The number of amides is 1. The molecule has 1 saturated heterocycles. The van der Waals surface area contributed by atoms with Gasteiger partial charge in [0.1, 0.15) is 5.82 Å². The summed E-state index contributed by atoms with van der Waals surface area (Å²) in [6.07, 6.45) is 0. The van der Waals surface area contributed by atoms with Gasteiger partial charge in [0.15, 0.2) is 4.80 Å². The van der Waals surface area contributed by atoms with E-state index < -0.39 is 15.9 Å². The minimum atomic E-state index is -3.62. The SMILES string of the molecule is CCn1c(=NC(=O)c2ccc(S(=O)(=O)N3CCOCC3)cc2)sc2cc(F)ccc21. The Morgan fingerprint density at radius 2 is 1.87 bits per heavy atom. The van der Waals surface area contributed by atoms with Gasteiger partial charge in [-0.3, -0.25) is 4.79 Å². The van der Waals surface area contributed by atoms with Crippen molar-refractivity contribution in [1.29, 1.82) is 0 Å². The van der Waals surface area contributed by atoms with Crippen molar-refractivity contribution in [3.8, 4) is 0 Å². The number of thiazole rings is 1. The molecule has 0 radical (unpaired) electrons. The van der Waals surface area contributed by atoms with Crippen molar-refractivity contribution in [2.24, 2.45) is 4.99 Å². The summed E-state index contributed by atoms with van der Waals surface area (Å²) in [5.74, 6) is -0.832. The van der Waals surface area contributed by atoms with Crippen molar-refractivity contribution in [2.45, 2.75) is 18.4 Å². The fraction of sp³-hybridized carbons (Fsp3) is 0.300. The van der Waals surface area contributed by atoms with Crippen LogP contribution in [0.25, 0.3) is 10.2 Å². The van der Waals surface area contributed by atoms with Gasteiger partial charge in [0.25, 0.3) is 5.91 Å². The second kappa shape index (κ2) is 8.38. The third kappa shape index (κ3) is 3.95. The van der Waals surface area contributed by atoms with Gasteiger partial charge in [-0.15, -0.1) is 0 Å². The molecule has 10 heteroatoms. The van der Waals surface area contributed by atoms with E-state index in [4.69, 9.17) is 4.74 Å². The summed E-state index contributed by atoms with van der Waals surface area (Å²) in [6, 6.07) is 10.2. The molecule has 0 spiro atoms. The quantitative estimate of drug-likeness (QED) is 0.613. The number of benzene rings is 2. The molecule has 1 aliphatic rings. The number of fused-ring (bicyclic) bond motifs is 1. The van der Waals surface area contributed by atoms with Crippen LogP contribution in [0, 0.1) is 5.82 Å². The summed E-state index contributed by atoms with van der Waals surface area (Å²) < 4.78 is 48.0. The summed E-state index contributed by atoms with van der Waals surface area (Å²) in [5.41, 5.74) is 1.09. The van der Waals surface area contributed by atoms with E-state index in [1.165, 1.54) is 52.0 Å². The average molecular weight is 450 g/mol. The van der Waals surface area contributed by atoms with Crippen LogP contribution in [0.3, 0.4) is 0 Å². The molecule has 0 saturated carbocycles. The third-order valence-corrected chi connectivity index (χ3v) is 7.82. The lowest BCUT2D eigenvalue weighted by Crippen LogP contribution is -2.40. The number of halogens is 1. The van der Waals surface area contributed by atoms with Gasteiger partial charge in [0.2, 0.25) is 10.0 Å². The number of nitrogens with zero attached hydrogens (tertiary/aromatic N) is 3. The van der Waals surface area contributed by atoms with Crippen LogP contribution in [0.2, 0.25) is 0 Å². The highest BCUT2D eigenvalue weighted by atomic mass is 32.2. The van der Waals surface area contributed by atoms with Gasteiger partial charge in [0.05, 0.1) is 28.3 Å². The van der Waals surface area contributed by atoms with Crippen LogP contribution in [0.15, 0.2) is 52.4 Å². The smallest absolute Gasteiger partial charge is 0.279 e. The maximum Gasteiger partial charge on any atom is 0.279 e. The van der Waals surface area contributed by atoms with Crippen molar-refractivity contribution in [1.82, 2.24) is 8.87 Å².